The van der Waals surface area contributed by atoms with E-state index in [1.807, 2.05) is 6.92 Å². The number of nitrogens with zero attached hydrogens (tertiary/aromatic N) is 1. The van der Waals surface area contributed by atoms with Gasteiger partial charge in [0.2, 0.25) is 5.91 Å². The van der Waals surface area contributed by atoms with Crippen LogP contribution in [0.15, 0.2) is 0 Å². The fraction of sp³-hybridized carbons (Fsp3) is 0.700. The van der Waals surface area contributed by atoms with Crippen molar-refractivity contribution in [1.82, 2.24) is 4.90 Å². The van der Waals surface area contributed by atoms with Gasteiger partial charge in [0.1, 0.15) is 5.78 Å². The number of nitrogens with two attached hydrogens (primary N) is 1. The van der Waals surface area contributed by atoms with Gasteiger partial charge in [0.25, 0.3) is 0 Å². The molecule has 16 heavy (non-hydrogen) atoms. The van der Waals surface area contributed by atoms with Crippen LogP contribution < -0.4 is 5.73 Å². The molecule has 6 nitrogen and oxygen atoms in total. The quantitative estimate of drug-likeness (QED) is 0.620. The first-order valence-corrected chi connectivity index (χ1v) is 5.14. The predicted molar refractivity (Wildman–Crippen MR) is 57.8 cm³/mol. The molecule has 0 aromatic carbocycles. The molecule has 6 heteroatoms. The van der Waals surface area contributed by atoms with Crippen LogP contribution in [-0.4, -0.2) is 46.8 Å². The van der Waals surface area contributed by atoms with Gasteiger partial charge in [-0.2, -0.15) is 0 Å². The van der Waals surface area contributed by atoms with Crippen LogP contribution in [-0.2, 0) is 14.4 Å². The van der Waals surface area contributed by atoms with E-state index in [1.165, 1.54) is 11.8 Å². The van der Waals surface area contributed by atoms with Crippen molar-refractivity contribution in [3.05, 3.63) is 0 Å². The zero-order valence-electron chi connectivity index (χ0n) is 9.60. The molecule has 1 unspecified atom stereocenters. The van der Waals surface area contributed by atoms with Crippen LogP contribution in [0.3, 0.4) is 0 Å². The Balaban J connectivity index is 4.46. The van der Waals surface area contributed by atoms with Crippen molar-refractivity contribution in [2.24, 2.45) is 5.73 Å². The van der Waals surface area contributed by atoms with E-state index in [1.54, 1.807) is 0 Å². The molecular formula is C10H18N2O4. The van der Waals surface area contributed by atoms with Crippen molar-refractivity contribution >= 4 is 17.7 Å². The van der Waals surface area contributed by atoms with Gasteiger partial charge >= 0.3 is 5.97 Å². The Bertz CT molecular complexity index is 278. The normalized spacial score (nSPS) is 11.9. The molecule has 3 N–H and O–H groups in total. The highest BCUT2D eigenvalue weighted by Crippen LogP contribution is 1.99. The summed E-state index contributed by atoms with van der Waals surface area (Å²) >= 11 is 0. The maximum Gasteiger partial charge on any atom is 0.305 e. The Morgan fingerprint density at radius 1 is 1.38 bits per heavy atom. The lowest BCUT2D eigenvalue weighted by Gasteiger charge is -2.23. The van der Waals surface area contributed by atoms with Crippen molar-refractivity contribution in [3.8, 4) is 0 Å². The Hall–Kier alpha value is -1.43. The second-order valence-corrected chi connectivity index (χ2v) is 3.67. The molecule has 0 spiro atoms. The predicted octanol–water partition coefficient (Wildman–Crippen LogP) is -0.384. The van der Waals surface area contributed by atoms with Crippen molar-refractivity contribution in [2.75, 3.05) is 13.1 Å². The SMILES string of the molecule is CCCN(CC(C)=O)C(=O)C(N)CC(=O)O. The third kappa shape index (κ3) is 5.45. The first-order chi connectivity index (χ1) is 7.38. The summed E-state index contributed by atoms with van der Waals surface area (Å²) in [7, 11) is 0. The average Bonchev–Trinajstić information content (AvgIpc) is 2.14. The van der Waals surface area contributed by atoms with Crippen molar-refractivity contribution < 1.29 is 19.5 Å². The minimum Gasteiger partial charge on any atom is -0.481 e. The highest BCUT2D eigenvalue weighted by molar-refractivity contribution is 5.89. The summed E-state index contributed by atoms with van der Waals surface area (Å²) in [5, 5.41) is 8.51. The molecular weight excluding hydrogens is 212 g/mol. The fourth-order valence-corrected chi connectivity index (χ4v) is 1.32. The van der Waals surface area contributed by atoms with Crippen LogP contribution in [0.2, 0.25) is 0 Å². The number of hydrogen-bond donors (Lipinski definition) is 2. The lowest BCUT2D eigenvalue weighted by atomic mass is 10.2. The number of rotatable bonds is 7. The maximum absolute atomic E-state index is 11.7. The smallest absolute Gasteiger partial charge is 0.305 e. The summed E-state index contributed by atoms with van der Waals surface area (Å²) in [6.07, 6.45) is 0.274. The van der Waals surface area contributed by atoms with E-state index in [9.17, 15) is 14.4 Å². The Morgan fingerprint density at radius 3 is 2.31 bits per heavy atom. The van der Waals surface area contributed by atoms with Crippen LogP contribution in [0.1, 0.15) is 26.7 Å². The molecule has 0 saturated heterocycles. The second-order valence-electron chi connectivity index (χ2n) is 3.67. The van der Waals surface area contributed by atoms with Crippen molar-refractivity contribution in [3.63, 3.8) is 0 Å². The van der Waals surface area contributed by atoms with E-state index in [2.05, 4.69) is 0 Å². The minimum absolute atomic E-state index is 0.0139. The number of carboxylic acid groups (broad SMARTS) is 1. The van der Waals surface area contributed by atoms with Gasteiger partial charge in [-0.3, -0.25) is 14.4 Å². The molecule has 0 radical (unpaired) electrons. The molecule has 0 rings (SSSR count). The van der Waals surface area contributed by atoms with E-state index in [-0.39, 0.29) is 12.3 Å². The van der Waals surface area contributed by atoms with Crippen molar-refractivity contribution in [2.45, 2.75) is 32.7 Å². The molecule has 0 aromatic heterocycles. The van der Waals surface area contributed by atoms with E-state index in [4.69, 9.17) is 10.8 Å². The van der Waals surface area contributed by atoms with Gasteiger partial charge in [0.15, 0.2) is 0 Å². The molecule has 0 fully saturated rings. The molecule has 0 aliphatic heterocycles. The number of ketones is 1. The van der Waals surface area contributed by atoms with Gasteiger partial charge in [-0.25, -0.2) is 0 Å². The van der Waals surface area contributed by atoms with E-state index in [0.717, 1.165) is 0 Å². The largest absolute Gasteiger partial charge is 0.481 e. The van der Waals surface area contributed by atoms with Crippen LogP contribution in [0.5, 0.6) is 0 Å². The number of amides is 1. The van der Waals surface area contributed by atoms with Crippen molar-refractivity contribution in [1.29, 1.82) is 0 Å². The summed E-state index contributed by atoms with van der Waals surface area (Å²) in [5.41, 5.74) is 5.44. The first-order valence-electron chi connectivity index (χ1n) is 5.14. The van der Waals surface area contributed by atoms with E-state index < -0.39 is 24.3 Å². The number of carboxylic acids is 1. The summed E-state index contributed by atoms with van der Waals surface area (Å²) in [6.45, 7) is 3.63. The average molecular weight is 230 g/mol. The third-order valence-corrected chi connectivity index (χ3v) is 1.93. The molecule has 0 heterocycles. The van der Waals surface area contributed by atoms with Gasteiger partial charge < -0.3 is 15.7 Å². The monoisotopic (exact) mass is 230 g/mol. The summed E-state index contributed by atoms with van der Waals surface area (Å²) < 4.78 is 0. The first kappa shape index (κ1) is 14.6. The Morgan fingerprint density at radius 2 is 1.94 bits per heavy atom. The fourth-order valence-electron chi connectivity index (χ4n) is 1.32. The highest BCUT2D eigenvalue weighted by atomic mass is 16.4. The van der Waals surface area contributed by atoms with Gasteiger partial charge in [0, 0.05) is 6.54 Å². The molecule has 1 amide bonds. The topological polar surface area (TPSA) is 101 Å². The molecule has 1 atom stereocenters. The zero-order valence-corrected chi connectivity index (χ0v) is 9.60. The molecule has 92 valence electrons. The Kier molecular flexibility index (Phi) is 6.32. The third-order valence-electron chi connectivity index (χ3n) is 1.93. The number of aliphatic carboxylic acids is 1. The summed E-state index contributed by atoms with van der Waals surface area (Å²) in [5.74, 6) is -1.76. The number of carbonyl (C=O) groups excluding carboxylic acids is 2. The van der Waals surface area contributed by atoms with Crippen LogP contribution in [0, 0.1) is 0 Å². The van der Waals surface area contributed by atoms with Gasteiger partial charge in [-0.1, -0.05) is 6.92 Å². The van der Waals surface area contributed by atoms with Gasteiger partial charge in [-0.15, -0.1) is 0 Å². The minimum atomic E-state index is -1.12. The molecule has 0 aliphatic carbocycles. The van der Waals surface area contributed by atoms with Crippen LogP contribution >= 0.6 is 0 Å². The van der Waals surface area contributed by atoms with Crippen LogP contribution in [0.4, 0.5) is 0 Å². The number of carbonyl (C=O) groups is 3. The lowest BCUT2D eigenvalue weighted by Crippen LogP contribution is -2.46. The molecule has 0 aliphatic rings. The zero-order chi connectivity index (χ0) is 12.7. The summed E-state index contributed by atoms with van der Waals surface area (Å²) in [4.78, 5) is 34.3. The van der Waals surface area contributed by atoms with E-state index in [0.29, 0.717) is 13.0 Å². The van der Waals surface area contributed by atoms with E-state index >= 15 is 0 Å². The lowest BCUT2D eigenvalue weighted by molar-refractivity contribution is -0.142. The van der Waals surface area contributed by atoms with Crippen LogP contribution in [0.25, 0.3) is 0 Å². The number of hydrogen-bond acceptors (Lipinski definition) is 4. The Labute approximate surface area is 94.4 Å². The maximum atomic E-state index is 11.7. The standard InChI is InChI=1S/C10H18N2O4/c1-3-4-12(6-7(2)13)10(16)8(11)5-9(14)15/h8H,3-6,11H2,1-2H3,(H,14,15). The highest BCUT2D eigenvalue weighted by Gasteiger charge is 2.23. The van der Waals surface area contributed by atoms with Gasteiger partial charge in [0.05, 0.1) is 19.0 Å². The summed E-state index contributed by atoms with van der Waals surface area (Å²) in [6, 6.07) is -1.08. The molecule has 0 bridgehead atoms. The molecule has 0 aromatic rings. The van der Waals surface area contributed by atoms with Gasteiger partial charge in [-0.05, 0) is 13.3 Å². The number of Topliss-reactive ketones (excluding diaryl/α,β-unsaturated/α-hetero) is 1. The second kappa shape index (κ2) is 6.95. The molecule has 0 saturated carbocycles.